The second-order valence-electron chi connectivity index (χ2n) is 5.51. The molecule has 1 aromatic carbocycles. The smallest absolute Gasteiger partial charge is 0.279 e. The van der Waals surface area contributed by atoms with Gasteiger partial charge in [0.1, 0.15) is 11.4 Å². The number of hydrogen-bond donors (Lipinski definition) is 0. The number of rotatable bonds is 4. The van der Waals surface area contributed by atoms with E-state index in [9.17, 15) is 4.79 Å². The molecule has 0 spiro atoms. The first-order chi connectivity index (χ1) is 11.7. The molecule has 2 heterocycles. The van der Waals surface area contributed by atoms with Crippen molar-refractivity contribution in [2.75, 3.05) is 46.3 Å². The quantitative estimate of drug-likeness (QED) is 0.779. The number of aliphatic imine (C=N–C) groups is 1. The number of methoxy groups -OCH3 is 1. The minimum absolute atomic E-state index is 0.0540. The first-order valence-corrected chi connectivity index (χ1v) is 9.04. The van der Waals surface area contributed by atoms with E-state index >= 15 is 0 Å². The molecule has 0 aromatic heterocycles. The zero-order valence-corrected chi connectivity index (χ0v) is 14.7. The average Bonchev–Trinajstić information content (AvgIpc) is 2.92. The maximum absolute atomic E-state index is 12.7. The van der Waals surface area contributed by atoms with Crippen LogP contribution in [-0.4, -0.2) is 67.2 Å². The topological polar surface area (TPSA) is 54.4 Å². The summed E-state index contributed by atoms with van der Waals surface area (Å²) in [6.07, 6.45) is 3.76. The van der Waals surface area contributed by atoms with Crippen molar-refractivity contribution in [3.8, 4) is 5.75 Å². The third-order valence-electron chi connectivity index (χ3n) is 3.96. The third-order valence-corrected chi connectivity index (χ3v) is 4.63. The molecular formula is C17H21N3O3S. The minimum atomic E-state index is -0.0540. The lowest BCUT2D eigenvalue weighted by Crippen LogP contribution is -2.46. The molecule has 0 unspecified atom stereocenters. The molecule has 128 valence electrons. The number of amidine groups is 1. The van der Waals surface area contributed by atoms with Crippen molar-refractivity contribution < 1.29 is 14.3 Å². The number of nitrogens with zero attached hydrogens (tertiary/aromatic N) is 3. The number of hydrogen-bond acceptors (Lipinski definition) is 6. The first kappa shape index (κ1) is 17.0. The Kier molecular flexibility index (Phi) is 5.55. The van der Waals surface area contributed by atoms with E-state index in [1.54, 1.807) is 12.0 Å². The number of carbonyl (C=O) groups is 1. The molecule has 3 rings (SSSR count). The number of carbonyl (C=O) groups excluding carboxylic acids is 1. The summed E-state index contributed by atoms with van der Waals surface area (Å²) in [6, 6.07) is 7.57. The number of thioether (sulfide) groups is 1. The predicted molar refractivity (Wildman–Crippen MR) is 96.0 cm³/mol. The molecule has 0 aliphatic carbocycles. The van der Waals surface area contributed by atoms with Gasteiger partial charge in [0.15, 0.2) is 5.17 Å². The Morgan fingerprint density at radius 3 is 2.62 bits per heavy atom. The van der Waals surface area contributed by atoms with Crippen molar-refractivity contribution in [1.82, 2.24) is 9.80 Å². The lowest BCUT2D eigenvalue weighted by Gasteiger charge is -2.30. The van der Waals surface area contributed by atoms with Gasteiger partial charge in [0.25, 0.3) is 5.91 Å². The highest BCUT2D eigenvalue weighted by molar-refractivity contribution is 8.13. The summed E-state index contributed by atoms with van der Waals surface area (Å²) in [4.78, 5) is 21.2. The monoisotopic (exact) mass is 347 g/mol. The van der Waals surface area contributed by atoms with Crippen LogP contribution in [0.2, 0.25) is 0 Å². The molecule has 7 heteroatoms. The standard InChI is InChI=1S/C17H21N3O3S/c1-22-14-5-3-13(4-6-14)11-15-16(21)20(17(18-15)24-2)12-19-7-9-23-10-8-19/h3-6,11H,7-10,12H2,1-2H3/b15-11-. The van der Waals surface area contributed by atoms with Crippen LogP contribution in [0.1, 0.15) is 5.56 Å². The van der Waals surface area contributed by atoms with Crippen molar-refractivity contribution in [3.05, 3.63) is 35.5 Å². The molecule has 1 amide bonds. The van der Waals surface area contributed by atoms with Crippen molar-refractivity contribution >= 4 is 28.9 Å². The van der Waals surface area contributed by atoms with Gasteiger partial charge in [0.05, 0.1) is 27.0 Å². The van der Waals surface area contributed by atoms with E-state index in [1.807, 2.05) is 36.6 Å². The van der Waals surface area contributed by atoms with Gasteiger partial charge in [-0.15, -0.1) is 0 Å². The maximum atomic E-state index is 12.7. The van der Waals surface area contributed by atoms with Crippen molar-refractivity contribution in [2.24, 2.45) is 4.99 Å². The normalized spacial score (nSPS) is 20.6. The van der Waals surface area contributed by atoms with E-state index in [1.165, 1.54) is 11.8 Å². The summed E-state index contributed by atoms with van der Waals surface area (Å²) < 4.78 is 10.5. The molecular weight excluding hydrogens is 326 g/mol. The summed E-state index contributed by atoms with van der Waals surface area (Å²) in [5, 5.41) is 0.742. The van der Waals surface area contributed by atoms with Crippen LogP contribution in [0.25, 0.3) is 6.08 Å². The zero-order chi connectivity index (χ0) is 16.9. The molecule has 1 saturated heterocycles. The Labute approximate surface area is 146 Å². The van der Waals surface area contributed by atoms with Crippen LogP contribution >= 0.6 is 11.8 Å². The van der Waals surface area contributed by atoms with Crippen LogP contribution in [0.4, 0.5) is 0 Å². The van der Waals surface area contributed by atoms with Gasteiger partial charge in [0.2, 0.25) is 0 Å². The summed E-state index contributed by atoms with van der Waals surface area (Å²) in [7, 11) is 1.63. The summed E-state index contributed by atoms with van der Waals surface area (Å²) in [6.45, 7) is 3.65. The van der Waals surface area contributed by atoms with Gasteiger partial charge >= 0.3 is 0 Å². The van der Waals surface area contributed by atoms with Crippen molar-refractivity contribution in [1.29, 1.82) is 0 Å². The minimum Gasteiger partial charge on any atom is -0.497 e. The number of benzene rings is 1. The molecule has 0 saturated carbocycles. The fraction of sp³-hybridized carbons (Fsp3) is 0.412. The molecule has 2 aliphatic heterocycles. The molecule has 6 nitrogen and oxygen atoms in total. The number of ether oxygens (including phenoxy) is 2. The lowest BCUT2D eigenvalue weighted by atomic mass is 10.2. The van der Waals surface area contributed by atoms with Crippen LogP contribution in [0.5, 0.6) is 5.75 Å². The molecule has 1 fully saturated rings. The fourth-order valence-electron chi connectivity index (χ4n) is 2.61. The highest BCUT2D eigenvalue weighted by atomic mass is 32.2. The van der Waals surface area contributed by atoms with Crippen molar-refractivity contribution in [2.45, 2.75) is 0 Å². The summed E-state index contributed by atoms with van der Waals surface area (Å²) >= 11 is 1.49. The highest BCUT2D eigenvalue weighted by Crippen LogP contribution is 2.24. The predicted octanol–water partition coefficient (Wildman–Crippen LogP) is 1.89. The van der Waals surface area contributed by atoms with E-state index in [0.717, 1.165) is 29.6 Å². The van der Waals surface area contributed by atoms with E-state index in [0.29, 0.717) is 25.6 Å². The molecule has 0 radical (unpaired) electrons. The highest BCUT2D eigenvalue weighted by Gasteiger charge is 2.31. The molecule has 1 aromatic rings. The van der Waals surface area contributed by atoms with E-state index < -0.39 is 0 Å². The molecule has 24 heavy (non-hydrogen) atoms. The summed E-state index contributed by atoms with van der Waals surface area (Å²) in [5.41, 5.74) is 1.40. The SMILES string of the molecule is COc1ccc(/C=C2\N=C(SC)N(CN3CCOCC3)C2=O)cc1. The Hall–Kier alpha value is -1.83. The number of amides is 1. The number of morpholine rings is 1. The van der Waals surface area contributed by atoms with Crippen LogP contribution in [0, 0.1) is 0 Å². The largest absolute Gasteiger partial charge is 0.497 e. The Morgan fingerprint density at radius 2 is 2.00 bits per heavy atom. The van der Waals surface area contributed by atoms with Crippen molar-refractivity contribution in [3.63, 3.8) is 0 Å². The van der Waals surface area contributed by atoms with Crippen LogP contribution in [0.15, 0.2) is 35.0 Å². The van der Waals surface area contributed by atoms with Gasteiger partial charge in [-0.2, -0.15) is 0 Å². The Balaban J connectivity index is 1.75. The molecule has 2 aliphatic rings. The third kappa shape index (κ3) is 3.80. The first-order valence-electron chi connectivity index (χ1n) is 7.81. The average molecular weight is 347 g/mol. The van der Waals surface area contributed by atoms with Crippen LogP contribution in [-0.2, 0) is 9.53 Å². The molecule has 0 atom stereocenters. The zero-order valence-electron chi connectivity index (χ0n) is 13.9. The van der Waals surface area contributed by atoms with E-state index in [-0.39, 0.29) is 5.91 Å². The molecule has 0 bridgehead atoms. The van der Waals surface area contributed by atoms with Crippen LogP contribution in [0.3, 0.4) is 0 Å². The maximum Gasteiger partial charge on any atom is 0.279 e. The fourth-order valence-corrected chi connectivity index (χ4v) is 3.16. The lowest BCUT2D eigenvalue weighted by molar-refractivity contribution is -0.124. The second kappa shape index (κ2) is 7.83. The Bertz CT molecular complexity index is 652. The van der Waals surface area contributed by atoms with Gasteiger partial charge in [-0.1, -0.05) is 23.9 Å². The van der Waals surface area contributed by atoms with E-state index in [2.05, 4.69) is 9.89 Å². The molecule has 0 N–H and O–H groups in total. The van der Waals surface area contributed by atoms with Gasteiger partial charge in [-0.05, 0) is 30.0 Å². The van der Waals surface area contributed by atoms with Crippen LogP contribution < -0.4 is 4.74 Å². The van der Waals surface area contributed by atoms with Gasteiger partial charge in [-0.3, -0.25) is 14.6 Å². The van der Waals surface area contributed by atoms with E-state index in [4.69, 9.17) is 9.47 Å². The Morgan fingerprint density at radius 1 is 1.29 bits per heavy atom. The van der Waals surface area contributed by atoms with Gasteiger partial charge in [-0.25, -0.2) is 4.99 Å². The second-order valence-corrected chi connectivity index (χ2v) is 6.28. The van der Waals surface area contributed by atoms with Gasteiger partial charge in [0, 0.05) is 13.1 Å². The summed E-state index contributed by atoms with van der Waals surface area (Å²) in [5.74, 6) is 0.735. The van der Waals surface area contributed by atoms with Gasteiger partial charge < -0.3 is 9.47 Å².